The molecule has 1 aromatic carbocycles. The molecular formula is C25H27ClN6O3. The van der Waals surface area contributed by atoms with Gasteiger partial charge in [0.25, 0.3) is 5.56 Å². The molecule has 1 saturated heterocycles. The Morgan fingerprint density at radius 2 is 1.89 bits per heavy atom. The summed E-state index contributed by atoms with van der Waals surface area (Å²) in [4.78, 5) is 26.1. The fourth-order valence-electron chi connectivity index (χ4n) is 3.66. The van der Waals surface area contributed by atoms with Gasteiger partial charge in [-0.1, -0.05) is 29.8 Å². The number of nitrogens with one attached hydrogen (secondary N) is 1. The summed E-state index contributed by atoms with van der Waals surface area (Å²) in [5, 5.41) is 4.13. The molecule has 1 aliphatic rings. The lowest BCUT2D eigenvalue weighted by Gasteiger charge is -2.17. The van der Waals surface area contributed by atoms with Crippen molar-refractivity contribution in [2.75, 3.05) is 32.4 Å². The molecule has 0 atom stereocenters. The zero-order chi connectivity index (χ0) is 24.9. The average Bonchev–Trinajstić information content (AvgIpc) is 2.87. The number of aryl methyl sites for hydroxylation is 2. The van der Waals surface area contributed by atoms with Gasteiger partial charge in [0.15, 0.2) is 0 Å². The molecule has 4 heterocycles. The minimum absolute atomic E-state index is 0.0914. The number of fused-ring (bicyclic) bond motifs is 1. The van der Waals surface area contributed by atoms with E-state index >= 15 is 0 Å². The van der Waals surface area contributed by atoms with Crippen LogP contribution in [0.5, 0.6) is 0 Å². The van der Waals surface area contributed by atoms with Crippen molar-refractivity contribution >= 4 is 28.6 Å². The Balaban J connectivity index is 0.000000356. The number of anilines is 1. The molecule has 0 bridgehead atoms. The van der Waals surface area contributed by atoms with Crippen LogP contribution in [0.1, 0.15) is 5.69 Å². The van der Waals surface area contributed by atoms with Crippen LogP contribution >= 0.6 is 11.6 Å². The van der Waals surface area contributed by atoms with E-state index in [4.69, 9.17) is 26.8 Å². The lowest BCUT2D eigenvalue weighted by molar-refractivity contribution is -0.106. The molecule has 0 aliphatic carbocycles. The van der Waals surface area contributed by atoms with Crippen LogP contribution in [0.15, 0.2) is 53.5 Å². The van der Waals surface area contributed by atoms with Gasteiger partial charge in [-0.3, -0.25) is 14.3 Å². The van der Waals surface area contributed by atoms with Gasteiger partial charge in [0.2, 0.25) is 5.95 Å². The summed E-state index contributed by atoms with van der Waals surface area (Å²) < 4.78 is 11.2. The largest absolute Gasteiger partial charge is 0.357 e. The van der Waals surface area contributed by atoms with Gasteiger partial charge < -0.3 is 20.5 Å². The number of nitrogens with zero attached hydrogens (tertiary/aromatic N) is 4. The van der Waals surface area contributed by atoms with Gasteiger partial charge in [-0.25, -0.2) is 4.98 Å². The van der Waals surface area contributed by atoms with Gasteiger partial charge in [-0.15, -0.1) is 0 Å². The van der Waals surface area contributed by atoms with Gasteiger partial charge in [0, 0.05) is 53.1 Å². The Morgan fingerprint density at radius 1 is 1.11 bits per heavy atom. The molecule has 0 saturated carbocycles. The van der Waals surface area contributed by atoms with Crippen LogP contribution < -0.4 is 16.6 Å². The standard InChI is InChI=1S/C21H18ClN5O.C4H9NO2/c1-12-5-4-6-18(25-12)13-7-8-15(17(22)10-13)16-9-14-11-24-21(23-2)26-19(14)27(3)20(16)28;5-4-1-6-3-7-2-4/h4-11H,1-3H3,(H,23,24,26);4H,1-3,5H2. The first-order valence-electron chi connectivity index (χ1n) is 11.1. The second kappa shape index (κ2) is 10.9. The van der Waals surface area contributed by atoms with Gasteiger partial charge >= 0.3 is 0 Å². The van der Waals surface area contributed by atoms with E-state index in [0.717, 1.165) is 22.3 Å². The van der Waals surface area contributed by atoms with Crippen molar-refractivity contribution in [3.05, 3.63) is 69.7 Å². The normalized spacial score (nSPS) is 13.9. The van der Waals surface area contributed by atoms with Gasteiger partial charge in [0.1, 0.15) is 12.4 Å². The van der Waals surface area contributed by atoms with Crippen molar-refractivity contribution in [1.82, 2.24) is 19.5 Å². The molecule has 3 N–H and O–H groups in total. The minimum atomic E-state index is -0.170. The summed E-state index contributed by atoms with van der Waals surface area (Å²) in [5.41, 5.74) is 9.62. The molecule has 0 unspecified atom stereocenters. The predicted molar refractivity (Wildman–Crippen MR) is 137 cm³/mol. The van der Waals surface area contributed by atoms with Crippen LogP contribution in [0, 0.1) is 6.92 Å². The highest BCUT2D eigenvalue weighted by Gasteiger charge is 2.14. The number of aromatic nitrogens is 4. The van der Waals surface area contributed by atoms with Crippen LogP contribution in [0.2, 0.25) is 5.02 Å². The first-order chi connectivity index (χ1) is 16.9. The third kappa shape index (κ3) is 5.66. The van der Waals surface area contributed by atoms with E-state index in [1.54, 1.807) is 26.4 Å². The number of rotatable bonds is 3. The lowest BCUT2D eigenvalue weighted by Crippen LogP contribution is -2.36. The van der Waals surface area contributed by atoms with Crippen molar-refractivity contribution in [3.8, 4) is 22.4 Å². The number of benzene rings is 1. The Kier molecular flexibility index (Phi) is 7.72. The maximum atomic E-state index is 12.9. The Hall–Kier alpha value is -3.37. The summed E-state index contributed by atoms with van der Waals surface area (Å²) in [5.74, 6) is 0.461. The fraction of sp³-hybridized carbons (Fsp3) is 0.280. The monoisotopic (exact) mass is 494 g/mol. The molecule has 5 rings (SSSR count). The van der Waals surface area contributed by atoms with Crippen molar-refractivity contribution in [1.29, 1.82) is 0 Å². The number of nitrogens with two attached hydrogens (primary N) is 1. The molecule has 1 fully saturated rings. The molecule has 0 amide bonds. The van der Waals surface area contributed by atoms with E-state index < -0.39 is 0 Å². The molecular weight excluding hydrogens is 468 g/mol. The Morgan fingerprint density at radius 3 is 2.51 bits per heavy atom. The maximum absolute atomic E-state index is 12.9. The van der Waals surface area contributed by atoms with E-state index in [-0.39, 0.29) is 11.6 Å². The topological polar surface area (TPSA) is 117 Å². The molecule has 35 heavy (non-hydrogen) atoms. The highest BCUT2D eigenvalue weighted by atomic mass is 35.5. The first kappa shape index (κ1) is 24.7. The minimum Gasteiger partial charge on any atom is -0.357 e. The van der Waals surface area contributed by atoms with E-state index in [9.17, 15) is 4.79 Å². The van der Waals surface area contributed by atoms with E-state index in [2.05, 4.69) is 20.3 Å². The number of hydrogen-bond donors (Lipinski definition) is 2. The second-order valence-electron chi connectivity index (χ2n) is 8.12. The molecule has 3 aromatic heterocycles. The van der Waals surface area contributed by atoms with Crippen molar-refractivity contribution in [3.63, 3.8) is 0 Å². The van der Waals surface area contributed by atoms with Crippen molar-refractivity contribution in [2.24, 2.45) is 12.8 Å². The summed E-state index contributed by atoms with van der Waals surface area (Å²) in [6, 6.07) is 13.3. The highest BCUT2D eigenvalue weighted by Crippen LogP contribution is 2.31. The molecule has 4 aromatic rings. The number of ether oxygens (including phenoxy) is 2. The van der Waals surface area contributed by atoms with E-state index in [1.807, 2.05) is 43.3 Å². The van der Waals surface area contributed by atoms with E-state index in [0.29, 0.717) is 47.8 Å². The van der Waals surface area contributed by atoms with Crippen LogP contribution in [-0.4, -0.2) is 52.6 Å². The number of halogens is 1. The second-order valence-corrected chi connectivity index (χ2v) is 8.53. The summed E-state index contributed by atoms with van der Waals surface area (Å²) in [7, 11) is 3.43. The molecule has 0 spiro atoms. The van der Waals surface area contributed by atoms with Crippen molar-refractivity contribution in [2.45, 2.75) is 13.0 Å². The lowest BCUT2D eigenvalue weighted by atomic mass is 10.0. The third-order valence-corrected chi connectivity index (χ3v) is 5.76. The van der Waals surface area contributed by atoms with Gasteiger partial charge in [0.05, 0.1) is 24.9 Å². The smallest absolute Gasteiger partial charge is 0.259 e. The zero-order valence-electron chi connectivity index (χ0n) is 19.8. The zero-order valence-corrected chi connectivity index (χ0v) is 20.5. The quantitative estimate of drug-likeness (QED) is 0.445. The predicted octanol–water partition coefficient (Wildman–Crippen LogP) is 3.38. The maximum Gasteiger partial charge on any atom is 0.259 e. The van der Waals surface area contributed by atoms with E-state index in [1.165, 1.54) is 4.57 Å². The molecule has 9 nitrogen and oxygen atoms in total. The van der Waals surface area contributed by atoms with Crippen LogP contribution in [0.4, 0.5) is 5.95 Å². The van der Waals surface area contributed by atoms with Crippen LogP contribution in [-0.2, 0) is 16.5 Å². The number of pyridine rings is 2. The average molecular weight is 495 g/mol. The Bertz CT molecular complexity index is 1400. The van der Waals surface area contributed by atoms with Crippen LogP contribution in [0.3, 0.4) is 0 Å². The SMILES string of the molecule is CNc1ncc2cc(-c3ccc(-c4cccc(C)n4)cc3Cl)c(=O)n(C)c2n1.NC1COCOC1. The third-order valence-electron chi connectivity index (χ3n) is 5.45. The first-order valence-corrected chi connectivity index (χ1v) is 11.4. The number of hydrogen-bond acceptors (Lipinski definition) is 8. The summed E-state index contributed by atoms with van der Waals surface area (Å²) in [6.07, 6.45) is 1.69. The molecule has 0 radical (unpaired) electrons. The summed E-state index contributed by atoms with van der Waals surface area (Å²) >= 11 is 6.56. The molecule has 182 valence electrons. The Labute approximate surface area is 207 Å². The molecule has 1 aliphatic heterocycles. The molecule has 10 heteroatoms. The summed E-state index contributed by atoms with van der Waals surface area (Å²) in [6.45, 7) is 3.63. The van der Waals surface area contributed by atoms with Crippen LogP contribution in [0.25, 0.3) is 33.4 Å². The highest BCUT2D eigenvalue weighted by molar-refractivity contribution is 6.33. The van der Waals surface area contributed by atoms with Gasteiger partial charge in [-0.05, 0) is 31.2 Å². The fourth-order valence-corrected chi connectivity index (χ4v) is 3.95. The van der Waals surface area contributed by atoms with Crippen molar-refractivity contribution < 1.29 is 9.47 Å². The van der Waals surface area contributed by atoms with Gasteiger partial charge in [-0.2, -0.15) is 4.98 Å².